The third kappa shape index (κ3) is 2.50. The number of rotatable bonds is 3. The van der Waals surface area contributed by atoms with E-state index in [9.17, 15) is 0 Å². The van der Waals surface area contributed by atoms with Crippen LogP contribution in [0.25, 0.3) is 0 Å². The van der Waals surface area contributed by atoms with E-state index in [1.165, 1.54) is 0 Å². The maximum Gasteiger partial charge on any atom is 0.0974 e. The van der Waals surface area contributed by atoms with Gasteiger partial charge in [0.2, 0.25) is 0 Å². The van der Waals surface area contributed by atoms with Crippen LogP contribution in [0.2, 0.25) is 0 Å². The molecule has 0 spiro atoms. The summed E-state index contributed by atoms with van der Waals surface area (Å²) in [6.45, 7) is 2.47. The van der Waals surface area contributed by atoms with Gasteiger partial charge in [-0.1, -0.05) is 5.21 Å². The molecule has 2 aromatic heterocycles. The molecule has 2 aromatic rings. The maximum atomic E-state index is 5.62. The molecule has 0 aliphatic heterocycles. The zero-order valence-electron chi connectivity index (χ0n) is 8.26. The van der Waals surface area contributed by atoms with Crippen LogP contribution in [0.15, 0.2) is 18.6 Å². The Morgan fingerprint density at radius 3 is 2.73 bits per heavy atom. The van der Waals surface area contributed by atoms with Crippen molar-refractivity contribution in [2.45, 2.75) is 19.3 Å². The van der Waals surface area contributed by atoms with Gasteiger partial charge in [0.15, 0.2) is 0 Å². The van der Waals surface area contributed by atoms with Crippen molar-refractivity contribution in [3.63, 3.8) is 0 Å². The van der Waals surface area contributed by atoms with Gasteiger partial charge in [-0.05, 0) is 6.92 Å². The normalized spacial score (nSPS) is 10.5. The molecule has 0 atom stereocenters. The molecule has 0 radical (unpaired) electrons. The van der Waals surface area contributed by atoms with Crippen LogP contribution in [0.1, 0.15) is 17.1 Å². The zero-order valence-corrected chi connectivity index (χ0v) is 9.02. The average Bonchev–Trinajstić information content (AvgIpc) is 2.69. The fraction of sp³-hybridized carbons (Fsp3) is 0.333. The number of aromatic nitrogens is 5. The highest BCUT2D eigenvalue weighted by Gasteiger charge is 2.01. The lowest BCUT2D eigenvalue weighted by Gasteiger charge is -1.99. The second-order valence-corrected chi connectivity index (χ2v) is 3.46. The van der Waals surface area contributed by atoms with Crippen LogP contribution in [0, 0.1) is 6.92 Å². The van der Waals surface area contributed by atoms with E-state index in [1.54, 1.807) is 23.3 Å². The molecule has 0 saturated carbocycles. The van der Waals surface area contributed by atoms with Crippen LogP contribution in [0.3, 0.4) is 0 Å². The van der Waals surface area contributed by atoms with Gasteiger partial charge in [0.1, 0.15) is 0 Å². The molecule has 0 fully saturated rings. The van der Waals surface area contributed by atoms with Gasteiger partial charge in [0, 0.05) is 6.20 Å². The summed E-state index contributed by atoms with van der Waals surface area (Å²) in [5, 5.41) is 7.80. The second kappa shape index (κ2) is 4.35. The average molecular weight is 224 g/mol. The van der Waals surface area contributed by atoms with Gasteiger partial charge < -0.3 is 0 Å². The smallest absolute Gasteiger partial charge is 0.0974 e. The molecule has 5 nitrogen and oxygen atoms in total. The van der Waals surface area contributed by atoms with Crippen LogP contribution in [-0.4, -0.2) is 25.0 Å². The fourth-order valence-electron chi connectivity index (χ4n) is 1.14. The Morgan fingerprint density at radius 1 is 1.27 bits per heavy atom. The Kier molecular flexibility index (Phi) is 2.91. The third-order valence-electron chi connectivity index (χ3n) is 1.88. The van der Waals surface area contributed by atoms with Crippen LogP contribution >= 0.6 is 11.6 Å². The largest absolute Gasteiger partial charge is 0.258 e. The monoisotopic (exact) mass is 223 g/mol. The van der Waals surface area contributed by atoms with Crippen molar-refractivity contribution in [2.24, 2.45) is 0 Å². The lowest BCUT2D eigenvalue weighted by Crippen LogP contribution is -2.03. The van der Waals surface area contributed by atoms with E-state index in [-0.39, 0.29) is 0 Å². The molecular weight excluding hydrogens is 214 g/mol. The van der Waals surface area contributed by atoms with E-state index < -0.39 is 0 Å². The standard InChI is InChI=1S/C9H10ClN5/c1-7-3-12-9(4-11-7)6-15-5-8(2-10)13-14-15/h3-5H,2,6H2,1H3. The van der Waals surface area contributed by atoms with Crippen molar-refractivity contribution in [3.8, 4) is 0 Å². The van der Waals surface area contributed by atoms with Crippen molar-refractivity contribution < 1.29 is 0 Å². The molecule has 0 unspecified atom stereocenters. The predicted molar refractivity (Wildman–Crippen MR) is 55.5 cm³/mol. The van der Waals surface area contributed by atoms with Gasteiger partial charge in [-0.25, -0.2) is 4.68 Å². The summed E-state index contributed by atoms with van der Waals surface area (Å²) in [7, 11) is 0. The molecule has 0 saturated heterocycles. The molecule has 0 aliphatic rings. The lowest BCUT2D eigenvalue weighted by molar-refractivity contribution is 0.635. The summed E-state index contributed by atoms with van der Waals surface area (Å²) in [6.07, 6.45) is 5.26. The van der Waals surface area contributed by atoms with E-state index >= 15 is 0 Å². The van der Waals surface area contributed by atoms with Gasteiger partial charge in [-0.2, -0.15) is 0 Å². The van der Waals surface area contributed by atoms with Gasteiger partial charge in [-0.15, -0.1) is 16.7 Å². The molecule has 78 valence electrons. The van der Waals surface area contributed by atoms with E-state index in [0.29, 0.717) is 12.4 Å². The summed E-state index contributed by atoms with van der Waals surface area (Å²) in [5.41, 5.74) is 2.52. The Balaban J connectivity index is 2.11. The first-order chi connectivity index (χ1) is 7.28. The van der Waals surface area contributed by atoms with Crippen molar-refractivity contribution in [3.05, 3.63) is 35.7 Å². The van der Waals surface area contributed by atoms with E-state index in [1.807, 2.05) is 6.92 Å². The first kappa shape index (κ1) is 10.0. The van der Waals surface area contributed by atoms with Crippen molar-refractivity contribution in [1.82, 2.24) is 25.0 Å². The Morgan fingerprint density at radius 2 is 2.13 bits per heavy atom. The number of alkyl halides is 1. The van der Waals surface area contributed by atoms with Crippen molar-refractivity contribution >= 4 is 11.6 Å². The zero-order chi connectivity index (χ0) is 10.7. The topological polar surface area (TPSA) is 56.5 Å². The van der Waals surface area contributed by atoms with Gasteiger partial charge in [0.25, 0.3) is 0 Å². The summed E-state index contributed by atoms with van der Waals surface area (Å²) in [4.78, 5) is 8.38. The number of halogens is 1. The van der Waals surface area contributed by atoms with Crippen LogP contribution in [0.4, 0.5) is 0 Å². The first-order valence-corrected chi connectivity index (χ1v) is 5.04. The fourth-order valence-corrected chi connectivity index (χ4v) is 1.27. The SMILES string of the molecule is Cc1cnc(Cn2cc(CCl)nn2)cn1. The summed E-state index contributed by atoms with van der Waals surface area (Å²) in [5.74, 6) is 0.375. The molecule has 6 heteroatoms. The van der Waals surface area contributed by atoms with Crippen LogP contribution in [-0.2, 0) is 12.4 Å². The minimum atomic E-state index is 0.375. The van der Waals surface area contributed by atoms with Crippen LogP contribution in [0.5, 0.6) is 0 Å². The second-order valence-electron chi connectivity index (χ2n) is 3.19. The Bertz CT molecular complexity index is 436. The van der Waals surface area contributed by atoms with Crippen molar-refractivity contribution in [1.29, 1.82) is 0 Å². The maximum absolute atomic E-state index is 5.62. The predicted octanol–water partition coefficient (Wildman–Crippen LogP) is 1.16. The lowest BCUT2D eigenvalue weighted by atomic mass is 10.4. The summed E-state index contributed by atoms with van der Waals surface area (Å²) >= 11 is 5.62. The minimum Gasteiger partial charge on any atom is -0.258 e. The highest BCUT2D eigenvalue weighted by Crippen LogP contribution is 2.01. The molecular formula is C9H10ClN5. The molecule has 0 aliphatic carbocycles. The van der Waals surface area contributed by atoms with Gasteiger partial charge in [-0.3, -0.25) is 9.97 Å². The number of hydrogen-bond donors (Lipinski definition) is 0. The van der Waals surface area contributed by atoms with Gasteiger partial charge in [0.05, 0.1) is 41.9 Å². The molecule has 2 rings (SSSR count). The van der Waals surface area contributed by atoms with E-state index in [2.05, 4.69) is 20.3 Å². The number of hydrogen-bond acceptors (Lipinski definition) is 4. The van der Waals surface area contributed by atoms with E-state index in [0.717, 1.165) is 17.1 Å². The Hall–Kier alpha value is -1.49. The highest BCUT2D eigenvalue weighted by atomic mass is 35.5. The summed E-state index contributed by atoms with van der Waals surface area (Å²) < 4.78 is 1.69. The molecule has 15 heavy (non-hydrogen) atoms. The number of aryl methyl sites for hydroxylation is 1. The molecule has 0 N–H and O–H groups in total. The number of nitrogens with zero attached hydrogens (tertiary/aromatic N) is 5. The van der Waals surface area contributed by atoms with E-state index in [4.69, 9.17) is 11.6 Å². The molecule has 0 aromatic carbocycles. The highest BCUT2D eigenvalue weighted by molar-refractivity contribution is 6.16. The Labute approximate surface area is 92.1 Å². The quantitative estimate of drug-likeness (QED) is 0.733. The molecule has 2 heterocycles. The minimum absolute atomic E-state index is 0.375. The van der Waals surface area contributed by atoms with Crippen LogP contribution < -0.4 is 0 Å². The van der Waals surface area contributed by atoms with Gasteiger partial charge >= 0.3 is 0 Å². The first-order valence-electron chi connectivity index (χ1n) is 4.50. The van der Waals surface area contributed by atoms with Crippen molar-refractivity contribution in [2.75, 3.05) is 0 Å². The molecule has 0 bridgehead atoms. The summed E-state index contributed by atoms with van der Waals surface area (Å²) in [6, 6.07) is 0. The third-order valence-corrected chi connectivity index (χ3v) is 2.16. The molecule has 0 amide bonds.